The van der Waals surface area contributed by atoms with Crippen molar-refractivity contribution in [3.8, 4) is 0 Å². The minimum Gasteiger partial charge on any atom is -0.480 e. The molecule has 0 heterocycles. The molecular weight excluding hydrogens is 315 g/mol. The number of carboxylic acids is 1. The molecule has 21 heavy (non-hydrogen) atoms. The van der Waals surface area contributed by atoms with E-state index in [1.54, 1.807) is 26.0 Å². The molecule has 0 fully saturated rings. The Hall–Kier alpha value is -1.46. The summed E-state index contributed by atoms with van der Waals surface area (Å²) in [7, 11) is 0. The number of rotatable bonds is 5. The number of benzene rings is 1. The molecule has 1 rings (SSSR count). The average Bonchev–Trinajstić information content (AvgIpc) is 2.43. The number of urea groups is 1. The fourth-order valence-corrected chi connectivity index (χ4v) is 2.21. The van der Waals surface area contributed by atoms with Crippen molar-refractivity contribution in [2.75, 3.05) is 11.9 Å². The second-order valence-corrected chi connectivity index (χ2v) is 5.55. The molecule has 2 amide bonds. The first-order valence-electron chi connectivity index (χ1n) is 6.51. The van der Waals surface area contributed by atoms with Crippen LogP contribution < -0.4 is 5.32 Å². The summed E-state index contributed by atoms with van der Waals surface area (Å²) in [5, 5.41) is 12.2. The van der Waals surface area contributed by atoms with Gasteiger partial charge in [-0.05, 0) is 31.9 Å². The molecule has 0 aromatic heterocycles. The van der Waals surface area contributed by atoms with Crippen molar-refractivity contribution in [3.05, 3.63) is 27.7 Å². The standard InChI is InChI=1S/C14H18Cl2N2O3/c1-4-9(3)18(7-11(19)20)14(21)17-13-10(15)6-5-8(2)12(13)16/h5-6,9H,4,7H2,1-3H3,(H,17,21)(H,19,20). The monoisotopic (exact) mass is 332 g/mol. The van der Waals surface area contributed by atoms with E-state index in [0.29, 0.717) is 22.2 Å². The summed E-state index contributed by atoms with van der Waals surface area (Å²) >= 11 is 12.2. The predicted octanol–water partition coefficient (Wildman–Crippen LogP) is 4.02. The molecule has 1 atom stereocenters. The number of anilines is 1. The first-order chi connectivity index (χ1) is 9.77. The molecule has 7 heteroatoms. The number of aliphatic carboxylic acids is 1. The second-order valence-electron chi connectivity index (χ2n) is 4.76. The number of amides is 2. The molecule has 0 saturated carbocycles. The fraction of sp³-hybridized carbons (Fsp3) is 0.429. The van der Waals surface area contributed by atoms with Crippen LogP contribution in [0, 0.1) is 6.92 Å². The predicted molar refractivity (Wildman–Crippen MR) is 84.3 cm³/mol. The zero-order chi connectivity index (χ0) is 16.2. The largest absolute Gasteiger partial charge is 0.480 e. The molecule has 0 radical (unpaired) electrons. The molecule has 0 aliphatic heterocycles. The molecule has 1 unspecified atom stereocenters. The van der Waals surface area contributed by atoms with Crippen LogP contribution in [0.15, 0.2) is 12.1 Å². The molecule has 5 nitrogen and oxygen atoms in total. The number of hydrogen-bond acceptors (Lipinski definition) is 2. The van der Waals surface area contributed by atoms with E-state index in [4.69, 9.17) is 28.3 Å². The number of carboxylic acid groups (broad SMARTS) is 1. The van der Waals surface area contributed by atoms with Gasteiger partial charge in [0.25, 0.3) is 0 Å². The van der Waals surface area contributed by atoms with E-state index in [9.17, 15) is 9.59 Å². The molecule has 0 aliphatic carbocycles. The van der Waals surface area contributed by atoms with Crippen LogP contribution in [0.2, 0.25) is 10.0 Å². The van der Waals surface area contributed by atoms with Gasteiger partial charge in [-0.15, -0.1) is 0 Å². The van der Waals surface area contributed by atoms with E-state index in [0.717, 1.165) is 5.56 Å². The van der Waals surface area contributed by atoms with E-state index >= 15 is 0 Å². The van der Waals surface area contributed by atoms with Gasteiger partial charge in [0.1, 0.15) is 6.54 Å². The van der Waals surface area contributed by atoms with Gasteiger partial charge in [-0.1, -0.05) is 36.2 Å². The van der Waals surface area contributed by atoms with Crippen LogP contribution >= 0.6 is 23.2 Å². The topological polar surface area (TPSA) is 69.6 Å². The summed E-state index contributed by atoms with van der Waals surface area (Å²) in [6.07, 6.45) is 0.635. The molecule has 2 N–H and O–H groups in total. The normalized spacial score (nSPS) is 11.9. The number of aryl methyl sites for hydroxylation is 1. The number of carbonyl (C=O) groups excluding carboxylic acids is 1. The molecule has 0 saturated heterocycles. The molecule has 0 aliphatic rings. The Balaban J connectivity index is 3.02. The Bertz CT molecular complexity index is 549. The highest BCUT2D eigenvalue weighted by Gasteiger charge is 2.23. The summed E-state index contributed by atoms with van der Waals surface area (Å²) in [4.78, 5) is 24.4. The quantitative estimate of drug-likeness (QED) is 0.855. The maximum absolute atomic E-state index is 12.3. The molecule has 0 spiro atoms. The van der Waals surface area contributed by atoms with E-state index in [2.05, 4.69) is 5.32 Å². The number of nitrogens with one attached hydrogen (secondary N) is 1. The van der Waals surface area contributed by atoms with Gasteiger partial charge >= 0.3 is 12.0 Å². The number of nitrogens with zero attached hydrogens (tertiary/aromatic N) is 1. The van der Waals surface area contributed by atoms with Crippen molar-refractivity contribution >= 4 is 40.9 Å². The highest BCUT2D eigenvalue weighted by Crippen LogP contribution is 2.33. The Labute approximate surface area is 133 Å². The summed E-state index contributed by atoms with van der Waals surface area (Å²) < 4.78 is 0. The van der Waals surface area contributed by atoms with Crippen LogP contribution in [0.4, 0.5) is 10.5 Å². The number of hydrogen-bond donors (Lipinski definition) is 2. The van der Waals surface area contributed by atoms with Crippen molar-refractivity contribution in [1.82, 2.24) is 4.90 Å². The Morgan fingerprint density at radius 3 is 2.52 bits per heavy atom. The zero-order valence-corrected chi connectivity index (χ0v) is 13.6. The maximum atomic E-state index is 12.3. The van der Waals surface area contributed by atoms with Gasteiger partial charge in [0.2, 0.25) is 0 Å². The lowest BCUT2D eigenvalue weighted by atomic mass is 10.2. The van der Waals surface area contributed by atoms with Crippen LogP contribution in [0.3, 0.4) is 0 Å². The van der Waals surface area contributed by atoms with Crippen LogP contribution in [0.1, 0.15) is 25.8 Å². The Morgan fingerprint density at radius 2 is 2.00 bits per heavy atom. The van der Waals surface area contributed by atoms with Crippen molar-refractivity contribution in [2.24, 2.45) is 0 Å². The van der Waals surface area contributed by atoms with E-state index in [1.807, 2.05) is 6.92 Å². The lowest BCUT2D eigenvalue weighted by Gasteiger charge is -2.27. The summed E-state index contributed by atoms with van der Waals surface area (Å²) in [6, 6.07) is 2.61. The third-order valence-corrected chi connectivity index (χ3v) is 4.01. The summed E-state index contributed by atoms with van der Waals surface area (Å²) in [6.45, 7) is 5.06. The Morgan fingerprint density at radius 1 is 1.38 bits per heavy atom. The van der Waals surface area contributed by atoms with E-state index in [1.165, 1.54) is 4.90 Å². The van der Waals surface area contributed by atoms with Gasteiger partial charge < -0.3 is 15.3 Å². The smallest absolute Gasteiger partial charge is 0.323 e. The summed E-state index contributed by atoms with van der Waals surface area (Å²) in [5.74, 6) is -1.08. The molecule has 116 valence electrons. The minimum absolute atomic E-state index is 0.219. The van der Waals surface area contributed by atoms with Gasteiger partial charge in [-0.25, -0.2) is 4.79 Å². The number of halogens is 2. The fourth-order valence-electron chi connectivity index (χ4n) is 1.74. The van der Waals surface area contributed by atoms with E-state index in [-0.39, 0.29) is 12.6 Å². The van der Waals surface area contributed by atoms with Gasteiger partial charge in [0.05, 0.1) is 15.7 Å². The first kappa shape index (κ1) is 17.6. The molecular formula is C14H18Cl2N2O3. The molecule has 1 aromatic rings. The molecule has 0 bridgehead atoms. The van der Waals surface area contributed by atoms with Gasteiger partial charge in [-0.3, -0.25) is 4.79 Å². The van der Waals surface area contributed by atoms with Crippen molar-refractivity contribution < 1.29 is 14.7 Å². The lowest BCUT2D eigenvalue weighted by molar-refractivity contribution is -0.138. The second kappa shape index (κ2) is 7.52. The van der Waals surface area contributed by atoms with Crippen LogP contribution in [0.5, 0.6) is 0 Å². The zero-order valence-electron chi connectivity index (χ0n) is 12.1. The highest BCUT2D eigenvalue weighted by molar-refractivity contribution is 6.40. The third kappa shape index (κ3) is 4.51. The first-order valence-corrected chi connectivity index (χ1v) is 7.27. The highest BCUT2D eigenvalue weighted by atomic mass is 35.5. The third-order valence-electron chi connectivity index (χ3n) is 3.21. The van der Waals surface area contributed by atoms with Crippen molar-refractivity contribution in [1.29, 1.82) is 0 Å². The van der Waals surface area contributed by atoms with Crippen LogP contribution in [-0.4, -0.2) is 34.6 Å². The van der Waals surface area contributed by atoms with Crippen molar-refractivity contribution in [3.63, 3.8) is 0 Å². The molecule has 1 aromatic carbocycles. The van der Waals surface area contributed by atoms with Crippen LogP contribution in [-0.2, 0) is 4.79 Å². The van der Waals surface area contributed by atoms with Gasteiger partial charge in [0, 0.05) is 6.04 Å². The van der Waals surface area contributed by atoms with Gasteiger partial charge in [0.15, 0.2) is 0 Å². The SMILES string of the molecule is CCC(C)N(CC(=O)O)C(=O)Nc1c(Cl)ccc(C)c1Cl. The van der Waals surface area contributed by atoms with Crippen molar-refractivity contribution in [2.45, 2.75) is 33.2 Å². The maximum Gasteiger partial charge on any atom is 0.323 e. The number of carbonyl (C=O) groups is 2. The van der Waals surface area contributed by atoms with Gasteiger partial charge in [-0.2, -0.15) is 0 Å². The van der Waals surface area contributed by atoms with E-state index < -0.39 is 12.0 Å². The minimum atomic E-state index is -1.08. The lowest BCUT2D eigenvalue weighted by Crippen LogP contribution is -2.44. The van der Waals surface area contributed by atoms with Crippen LogP contribution in [0.25, 0.3) is 0 Å². The average molecular weight is 333 g/mol. The summed E-state index contributed by atoms with van der Waals surface area (Å²) in [5.41, 5.74) is 1.06. The Kier molecular flexibility index (Phi) is 6.30.